The number of nitro benzene ring substituents is 1. The van der Waals surface area contributed by atoms with E-state index in [1.165, 1.54) is 349 Å². The SMILES string of the molecule is CN=Cc1cc(-c2ccccc2)cc(C2CCCCCCCCCCC2)c1O.CN=Cc1cc(C)cc(C2CCCCCCCCCCC2)c1O.CN=Cc1cc(C)cc(C2CCCCCCCCCCC2)c1O.CN=Cc1cc(OC)cc(C2CCCCCCCCCCC2)c1O.CN=Cc1cc([N+](=O)[O-])cc(C2CCCCCCCCCCC2)c1O.[Cl][Zr][Cl].[Cl][Zr][Cl].[Cl][Zr][Cl].[Cl][Zr][Cl].[Cl][Zr][Cl]. The molecule has 0 atom stereocenters. The topological polar surface area (TPSA) is 215 Å². The normalized spacial score (nSPS) is 17.3. The van der Waals surface area contributed by atoms with Gasteiger partial charge >= 0.3 is 189 Å². The summed E-state index contributed by atoms with van der Waals surface area (Å²) < 4.78 is 5.45. The summed E-state index contributed by atoms with van der Waals surface area (Å²) >= 11 is -4.13. The first kappa shape index (κ1) is 133. The zero-order valence-electron chi connectivity index (χ0n) is 84.2. The average molecular weight is 2500 g/mol. The first-order valence-corrected chi connectivity index (χ1v) is 82.8. The van der Waals surface area contributed by atoms with Crippen molar-refractivity contribution in [3.8, 4) is 45.6 Å². The van der Waals surface area contributed by atoms with Gasteiger partial charge in [-0.05, 0) is 183 Å². The summed E-state index contributed by atoms with van der Waals surface area (Å²) in [6, 6.07) is 30.1. The Morgan fingerprint density at radius 1 is 0.283 bits per heavy atom. The number of ether oxygens (including phenoxy) is 1. The number of methoxy groups -OCH3 is 1. The fourth-order valence-electron chi connectivity index (χ4n) is 19.8. The average Bonchev–Trinajstić information content (AvgIpc) is 0.804. The molecule has 0 heterocycles. The molecule has 5 aliphatic carbocycles. The van der Waals surface area contributed by atoms with Crippen LogP contribution in [0.3, 0.4) is 0 Å². The van der Waals surface area contributed by atoms with E-state index < -0.39 is 104 Å². The van der Waals surface area contributed by atoms with Gasteiger partial charge in [0.25, 0.3) is 5.69 Å². The van der Waals surface area contributed by atoms with Crippen LogP contribution < -0.4 is 4.74 Å². The van der Waals surface area contributed by atoms with Crippen molar-refractivity contribution in [2.75, 3.05) is 42.3 Å². The maximum absolute atomic E-state index is 11.3. The molecule has 768 valence electrons. The number of hydrogen-bond acceptors (Lipinski definition) is 13. The summed E-state index contributed by atoms with van der Waals surface area (Å²) in [5, 5.41) is 65.1. The van der Waals surface area contributed by atoms with Gasteiger partial charge in [-0.2, -0.15) is 0 Å². The summed E-state index contributed by atoms with van der Waals surface area (Å²) in [5.41, 5.74) is 13.8. The van der Waals surface area contributed by atoms with Crippen LogP contribution in [-0.4, -0.2) is 104 Å². The number of phenolic OH excluding ortho intramolecular Hbond substituents is 5. The standard InChI is InChI=1S/C26H35NO.C21H33NO2.2C21H33NO.C20H30N2O3.10ClH.5Zr/c1-27-20-24-18-23(21-14-12-9-13-15-21)19-25(26(24)28)22-16-10-7-5-3-2-4-6-8-11-17-22;1-22-16-18-14-19(24-2)15-20(21(18)23)17-12-10-8-6-4-3-5-7-9-11-13-17;2*1-17-14-19(16-22-2)21(23)20(15-17)18-12-10-8-6-4-3-5-7-9-11-13-18;1-21-15-17-13-18(22(24)25)14-19(20(17)23)16-11-9-7-5-3-2-4-6-8-10-12-16;;;;;;;;;;;;;;;/h9,12-15,18-20,22,28H,2-8,10-11,16-17H2,1H3;14-17,23H,3-13H2,1-2H3;2*14-16,18,23H,3-13H2,1-2H3;13-16,23H,2-12H2,1H3;10*1H;;;;;/q;;;;;;;;;;;;;;;5*+2/p-10. The summed E-state index contributed by atoms with van der Waals surface area (Å²) in [4.78, 5) is 31.3. The Bertz CT molecular complexity index is 4100. The zero-order valence-corrected chi connectivity index (χ0v) is 104. The predicted molar refractivity (Wildman–Crippen MR) is 582 cm³/mol. The van der Waals surface area contributed by atoms with E-state index in [1.807, 2.05) is 30.3 Å². The maximum atomic E-state index is 11.3. The van der Waals surface area contributed by atoms with E-state index in [9.17, 15) is 35.6 Å². The molecular formula is C109H164Cl10N6O8Zr5. The number of benzene rings is 6. The van der Waals surface area contributed by atoms with Gasteiger partial charge in [0.1, 0.15) is 34.5 Å². The molecule has 11 rings (SSSR count). The quantitative estimate of drug-likeness (QED) is 0.0425. The first-order chi connectivity index (χ1) is 67.2. The number of non-ortho nitro benzene ring substituents is 1. The molecule has 0 aliphatic heterocycles. The van der Waals surface area contributed by atoms with Crippen LogP contribution in [0, 0.1) is 24.0 Å². The van der Waals surface area contributed by atoms with Gasteiger partial charge in [0.05, 0.1) is 12.0 Å². The second kappa shape index (κ2) is 90.1. The summed E-state index contributed by atoms with van der Waals surface area (Å²) in [6.45, 7) is 4.23. The minimum atomic E-state index is -0.826. The van der Waals surface area contributed by atoms with Gasteiger partial charge in [-0.25, -0.2) is 0 Å². The van der Waals surface area contributed by atoms with Crippen molar-refractivity contribution in [1.29, 1.82) is 0 Å². The van der Waals surface area contributed by atoms with Crippen molar-refractivity contribution in [2.24, 2.45) is 25.0 Å². The van der Waals surface area contributed by atoms with Crippen LogP contribution in [0.25, 0.3) is 11.1 Å². The second-order valence-electron chi connectivity index (χ2n) is 36.9. The molecule has 6 aromatic rings. The van der Waals surface area contributed by atoms with Gasteiger partial charge in [-0.15, -0.1) is 0 Å². The first-order valence-electron chi connectivity index (χ1n) is 51.1. The molecule has 5 aliphatic rings. The van der Waals surface area contributed by atoms with Gasteiger partial charge in [0, 0.05) is 117 Å². The Morgan fingerprint density at radius 3 is 0.703 bits per heavy atom. The second-order valence-corrected chi connectivity index (χ2v) is 55.6. The number of aryl methyl sites for hydroxylation is 2. The van der Waals surface area contributed by atoms with Crippen LogP contribution in [0.5, 0.6) is 34.5 Å². The molecule has 5 saturated carbocycles. The van der Waals surface area contributed by atoms with Crippen molar-refractivity contribution in [1.82, 2.24) is 0 Å². The van der Waals surface area contributed by atoms with Crippen LogP contribution in [-0.2, 0) is 104 Å². The Balaban J connectivity index is 0.000000562. The van der Waals surface area contributed by atoms with E-state index >= 15 is 0 Å². The van der Waals surface area contributed by atoms with E-state index in [2.05, 4.69) is 87.3 Å². The fourth-order valence-corrected chi connectivity index (χ4v) is 19.8. The third-order valence-corrected chi connectivity index (χ3v) is 26.7. The van der Waals surface area contributed by atoms with Crippen LogP contribution in [0.15, 0.2) is 116 Å². The van der Waals surface area contributed by atoms with E-state index in [-0.39, 0.29) is 22.3 Å². The van der Waals surface area contributed by atoms with Crippen LogP contribution in [0.1, 0.15) is 449 Å². The Labute approximate surface area is 927 Å². The molecule has 14 nitrogen and oxygen atoms in total. The molecule has 0 spiro atoms. The van der Waals surface area contributed by atoms with Crippen molar-refractivity contribution < 1.29 is 139 Å². The molecular weight excluding hydrogens is 2330 g/mol. The van der Waals surface area contributed by atoms with Crippen molar-refractivity contribution >= 4 is 122 Å². The molecule has 0 unspecified atom stereocenters. The number of hydrogen-bond donors (Lipinski definition) is 5. The molecule has 0 aromatic heterocycles. The Morgan fingerprint density at radius 2 is 0.478 bits per heavy atom. The van der Waals surface area contributed by atoms with Crippen molar-refractivity contribution in [3.05, 3.63) is 168 Å². The summed E-state index contributed by atoms with van der Waals surface area (Å²) in [6.07, 6.45) is 79.6. The monoisotopic (exact) mass is 2480 g/mol. The van der Waals surface area contributed by atoms with Gasteiger partial charge in [-0.1, -0.05) is 331 Å². The molecule has 0 amide bonds. The molecule has 0 saturated heterocycles. The van der Waals surface area contributed by atoms with Crippen LogP contribution in [0.4, 0.5) is 5.69 Å². The number of aromatic hydroxyl groups is 5. The van der Waals surface area contributed by atoms with Gasteiger partial charge in [0.15, 0.2) is 0 Å². The number of aliphatic imine (C=N–C) groups is 5. The van der Waals surface area contributed by atoms with Gasteiger partial charge in [0.2, 0.25) is 0 Å². The number of nitrogens with zero attached hydrogens (tertiary/aromatic N) is 6. The minimum absolute atomic E-state index is 0.0359. The van der Waals surface area contributed by atoms with Gasteiger partial charge < -0.3 is 30.3 Å². The zero-order chi connectivity index (χ0) is 101. The molecule has 29 heteroatoms. The number of rotatable bonds is 13. The molecule has 6 aromatic carbocycles. The number of phenols is 5. The van der Waals surface area contributed by atoms with Crippen molar-refractivity contribution in [3.63, 3.8) is 0 Å². The third kappa shape index (κ3) is 59.5. The van der Waals surface area contributed by atoms with Crippen LogP contribution >= 0.6 is 85.1 Å². The van der Waals surface area contributed by atoms with E-state index in [1.54, 1.807) is 73.3 Å². The third-order valence-electron chi connectivity index (χ3n) is 26.7. The van der Waals surface area contributed by atoms with Gasteiger partial charge in [-0.3, -0.25) is 35.1 Å². The van der Waals surface area contributed by atoms with E-state index in [0.29, 0.717) is 52.2 Å². The Hall–Kier alpha value is -0.814. The number of halogens is 10. The summed E-state index contributed by atoms with van der Waals surface area (Å²) in [7, 11) is 59.6. The Kier molecular flexibility index (Phi) is 87.0. The van der Waals surface area contributed by atoms with Crippen molar-refractivity contribution in [2.45, 2.75) is 397 Å². The molecule has 0 radical (unpaired) electrons. The molecule has 5 N–H and O–H groups in total. The summed E-state index contributed by atoms with van der Waals surface area (Å²) in [5.74, 6) is 4.74. The molecule has 5 fully saturated rings. The van der Waals surface area contributed by atoms with E-state index in [0.717, 1.165) is 94.3 Å². The predicted octanol–water partition coefficient (Wildman–Crippen LogP) is 38.2. The van der Waals surface area contributed by atoms with Crippen LogP contribution in [0.2, 0.25) is 0 Å². The number of nitro groups is 1. The molecule has 0 bridgehead atoms. The van der Waals surface area contributed by atoms with E-state index in [4.69, 9.17) is 89.9 Å². The fraction of sp³-hybridized carbons (Fsp3) is 0.624. The molecule has 138 heavy (non-hydrogen) atoms.